The summed E-state index contributed by atoms with van der Waals surface area (Å²) in [7, 11) is 1.23. The van der Waals surface area contributed by atoms with Gasteiger partial charge in [0.05, 0.1) is 7.11 Å². The van der Waals surface area contributed by atoms with Crippen molar-refractivity contribution in [3.8, 4) is 0 Å². The minimum absolute atomic E-state index is 0.00355. The summed E-state index contributed by atoms with van der Waals surface area (Å²) < 4.78 is 4.37. The van der Waals surface area contributed by atoms with Crippen molar-refractivity contribution in [2.45, 2.75) is 12.8 Å². The van der Waals surface area contributed by atoms with Gasteiger partial charge in [-0.25, -0.2) is 0 Å². The van der Waals surface area contributed by atoms with Crippen molar-refractivity contribution in [2.24, 2.45) is 0 Å². The molecule has 0 heterocycles. The average molecular weight is 299 g/mol. The number of ether oxygens (including phenoxy) is 1. The van der Waals surface area contributed by atoms with Crippen molar-refractivity contribution < 1.29 is 19.1 Å². The highest BCUT2D eigenvalue weighted by molar-refractivity contribution is 6.30. The molecule has 1 aromatic carbocycles. The molecule has 2 amide bonds. The normalized spacial score (nSPS) is 9.70. The van der Waals surface area contributed by atoms with E-state index in [4.69, 9.17) is 11.6 Å². The summed E-state index contributed by atoms with van der Waals surface area (Å²) in [4.78, 5) is 33.7. The lowest BCUT2D eigenvalue weighted by atomic mass is 10.2. The molecule has 1 rings (SSSR count). The molecule has 0 unspecified atom stereocenters. The predicted octanol–water partition coefficient (Wildman–Crippen LogP) is 1.35. The van der Waals surface area contributed by atoms with Crippen molar-refractivity contribution in [3.05, 3.63) is 29.3 Å². The van der Waals surface area contributed by atoms with Gasteiger partial charge in [0.2, 0.25) is 11.8 Å². The zero-order valence-electron chi connectivity index (χ0n) is 10.9. The van der Waals surface area contributed by atoms with Crippen LogP contribution >= 0.6 is 11.6 Å². The number of hydrogen-bond donors (Lipinski definition) is 2. The van der Waals surface area contributed by atoms with E-state index >= 15 is 0 Å². The summed E-state index contributed by atoms with van der Waals surface area (Å²) in [6, 6.07) is 6.63. The molecule has 0 aromatic heterocycles. The fraction of sp³-hybridized carbons (Fsp3) is 0.308. The molecule has 0 saturated carbocycles. The summed E-state index contributed by atoms with van der Waals surface area (Å²) >= 11 is 5.72. The van der Waals surface area contributed by atoms with E-state index in [-0.39, 0.29) is 31.2 Å². The number of nitrogens with one attached hydrogen (secondary N) is 2. The van der Waals surface area contributed by atoms with Crippen LogP contribution in [0.3, 0.4) is 0 Å². The Balaban J connectivity index is 2.27. The molecule has 0 saturated heterocycles. The van der Waals surface area contributed by atoms with Gasteiger partial charge in [-0.15, -0.1) is 0 Å². The van der Waals surface area contributed by atoms with E-state index < -0.39 is 5.97 Å². The Hall–Kier alpha value is -2.08. The third kappa shape index (κ3) is 6.19. The number of esters is 1. The monoisotopic (exact) mass is 298 g/mol. The van der Waals surface area contributed by atoms with E-state index in [1.807, 2.05) is 0 Å². The highest BCUT2D eigenvalue weighted by atomic mass is 35.5. The minimum Gasteiger partial charge on any atom is -0.468 e. The van der Waals surface area contributed by atoms with Crippen LogP contribution in [0.1, 0.15) is 12.8 Å². The molecule has 1 aromatic rings. The lowest BCUT2D eigenvalue weighted by Crippen LogP contribution is -2.30. The highest BCUT2D eigenvalue weighted by Crippen LogP contribution is 2.13. The van der Waals surface area contributed by atoms with Gasteiger partial charge in [-0.3, -0.25) is 14.4 Å². The second-order valence-corrected chi connectivity index (χ2v) is 4.34. The molecule has 108 valence electrons. The lowest BCUT2D eigenvalue weighted by molar-refractivity contribution is -0.141. The highest BCUT2D eigenvalue weighted by Gasteiger charge is 2.08. The van der Waals surface area contributed by atoms with Crippen LogP contribution in [0.25, 0.3) is 0 Å². The molecule has 2 N–H and O–H groups in total. The Morgan fingerprint density at radius 3 is 2.30 bits per heavy atom. The standard InChI is InChI=1S/C13H15ClN2O4/c1-20-13(19)8-15-11(17)6-7-12(18)16-10-4-2-9(14)3-5-10/h2-5H,6-8H2,1H3,(H,15,17)(H,16,18). The van der Waals surface area contributed by atoms with E-state index in [0.29, 0.717) is 10.7 Å². The maximum absolute atomic E-state index is 11.6. The molecule has 0 spiro atoms. The molecule has 0 atom stereocenters. The molecule has 0 bridgehead atoms. The maximum Gasteiger partial charge on any atom is 0.325 e. The largest absolute Gasteiger partial charge is 0.468 e. The summed E-state index contributed by atoms with van der Waals surface area (Å²) in [5.41, 5.74) is 0.606. The molecule has 6 nitrogen and oxygen atoms in total. The minimum atomic E-state index is -0.538. The maximum atomic E-state index is 11.6. The second kappa shape index (κ2) is 8.16. The van der Waals surface area contributed by atoms with E-state index in [0.717, 1.165) is 0 Å². The number of amides is 2. The first kappa shape index (κ1) is 16.0. The summed E-state index contributed by atoms with van der Waals surface area (Å²) in [5, 5.41) is 5.55. The van der Waals surface area contributed by atoms with E-state index in [1.54, 1.807) is 24.3 Å². The van der Waals surface area contributed by atoms with Gasteiger partial charge in [0.15, 0.2) is 0 Å². The number of rotatable bonds is 6. The number of carbonyl (C=O) groups is 3. The molecule has 0 aliphatic heterocycles. The summed E-state index contributed by atoms with van der Waals surface area (Å²) in [6.45, 7) is -0.200. The SMILES string of the molecule is COC(=O)CNC(=O)CCC(=O)Nc1ccc(Cl)cc1. The molecule has 7 heteroatoms. The molecule has 0 aliphatic carbocycles. The van der Waals surface area contributed by atoms with Gasteiger partial charge in [0.25, 0.3) is 0 Å². The topological polar surface area (TPSA) is 84.5 Å². The van der Waals surface area contributed by atoms with E-state index in [1.165, 1.54) is 7.11 Å². The van der Waals surface area contributed by atoms with Crippen LogP contribution in [0.15, 0.2) is 24.3 Å². The number of anilines is 1. The van der Waals surface area contributed by atoms with Crippen molar-refractivity contribution in [1.29, 1.82) is 0 Å². The van der Waals surface area contributed by atoms with Crippen molar-refractivity contribution >= 4 is 35.1 Å². The zero-order chi connectivity index (χ0) is 15.0. The van der Waals surface area contributed by atoms with Gasteiger partial charge in [-0.05, 0) is 24.3 Å². The van der Waals surface area contributed by atoms with Crippen LogP contribution in [0, 0.1) is 0 Å². The fourth-order valence-corrected chi connectivity index (χ4v) is 1.44. The molecule has 20 heavy (non-hydrogen) atoms. The van der Waals surface area contributed by atoms with Gasteiger partial charge < -0.3 is 15.4 Å². The molecule has 0 radical (unpaired) electrons. The third-order valence-corrected chi connectivity index (χ3v) is 2.62. The van der Waals surface area contributed by atoms with Crippen molar-refractivity contribution in [1.82, 2.24) is 5.32 Å². The quantitative estimate of drug-likeness (QED) is 0.776. The first-order valence-corrected chi connectivity index (χ1v) is 6.28. The zero-order valence-corrected chi connectivity index (χ0v) is 11.7. The molecular weight excluding hydrogens is 284 g/mol. The predicted molar refractivity (Wildman–Crippen MR) is 74.3 cm³/mol. The Bertz CT molecular complexity index is 488. The fourth-order valence-electron chi connectivity index (χ4n) is 1.32. The molecule has 0 fully saturated rings. The summed E-state index contributed by atoms with van der Waals surface area (Å²) in [6.07, 6.45) is 0.0199. The van der Waals surface area contributed by atoms with Crippen LogP contribution in [-0.4, -0.2) is 31.4 Å². The first-order valence-electron chi connectivity index (χ1n) is 5.90. The lowest BCUT2D eigenvalue weighted by Gasteiger charge is -2.06. The average Bonchev–Trinajstić information content (AvgIpc) is 2.45. The van der Waals surface area contributed by atoms with Crippen molar-refractivity contribution in [3.63, 3.8) is 0 Å². The van der Waals surface area contributed by atoms with Crippen LogP contribution in [0.5, 0.6) is 0 Å². The van der Waals surface area contributed by atoms with Gasteiger partial charge in [0.1, 0.15) is 6.54 Å². The van der Waals surface area contributed by atoms with Crippen LogP contribution < -0.4 is 10.6 Å². The van der Waals surface area contributed by atoms with Gasteiger partial charge in [-0.2, -0.15) is 0 Å². The Kier molecular flexibility index (Phi) is 6.52. The molecular formula is C13H15ClN2O4. The number of halogens is 1. The van der Waals surface area contributed by atoms with Gasteiger partial charge >= 0.3 is 5.97 Å². The number of carbonyl (C=O) groups excluding carboxylic acids is 3. The van der Waals surface area contributed by atoms with E-state index in [9.17, 15) is 14.4 Å². The number of methoxy groups -OCH3 is 1. The number of benzene rings is 1. The Labute approximate surface area is 121 Å². The van der Waals surface area contributed by atoms with Crippen LogP contribution in [-0.2, 0) is 19.1 Å². The van der Waals surface area contributed by atoms with Crippen molar-refractivity contribution in [2.75, 3.05) is 19.0 Å². The Morgan fingerprint density at radius 1 is 1.10 bits per heavy atom. The van der Waals surface area contributed by atoms with Gasteiger partial charge in [0, 0.05) is 23.6 Å². The smallest absolute Gasteiger partial charge is 0.325 e. The van der Waals surface area contributed by atoms with E-state index in [2.05, 4.69) is 15.4 Å². The van der Waals surface area contributed by atoms with Crippen LogP contribution in [0.2, 0.25) is 5.02 Å². The Morgan fingerprint density at radius 2 is 1.70 bits per heavy atom. The molecule has 0 aliphatic rings. The second-order valence-electron chi connectivity index (χ2n) is 3.91. The third-order valence-electron chi connectivity index (χ3n) is 2.36. The summed E-state index contributed by atoms with van der Waals surface area (Å²) in [5.74, 6) is -1.22. The number of hydrogen-bond acceptors (Lipinski definition) is 4. The van der Waals surface area contributed by atoms with Gasteiger partial charge in [-0.1, -0.05) is 11.6 Å². The van der Waals surface area contributed by atoms with Crippen LogP contribution in [0.4, 0.5) is 5.69 Å². The first-order chi connectivity index (χ1) is 9.51.